The van der Waals surface area contributed by atoms with Gasteiger partial charge in [0.05, 0.1) is 5.76 Å². The van der Waals surface area contributed by atoms with E-state index in [2.05, 4.69) is 0 Å². The van der Waals surface area contributed by atoms with Crippen LogP contribution in [0.15, 0.2) is 29.5 Å². The zero-order valence-electron chi connectivity index (χ0n) is 10.0. The summed E-state index contributed by atoms with van der Waals surface area (Å²) in [6, 6.07) is 4.27. The van der Waals surface area contributed by atoms with E-state index in [1.54, 1.807) is 0 Å². The summed E-state index contributed by atoms with van der Waals surface area (Å²) in [5.74, 6) is 0.295. The topological polar surface area (TPSA) is 77.8 Å². The summed E-state index contributed by atoms with van der Waals surface area (Å²) in [6.07, 6.45) is 2.64. The van der Waals surface area contributed by atoms with Crippen LogP contribution in [0.2, 0.25) is 0 Å². The molecule has 1 aromatic rings. The molecule has 4 heteroatoms. The second-order valence-electron chi connectivity index (χ2n) is 4.51. The van der Waals surface area contributed by atoms with E-state index >= 15 is 0 Å². The monoisotopic (exact) mass is 248 g/mol. The highest BCUT2D eigenvalue weighted by molar-refractivity contribution is 5.97. The van der Waals surface area contributed by atoms with Crippen LogP contribution in [-0.4, -0.2) is 21.1 Å². The van der Waals surface area contributed by atoms with Gasteiger partial charge in [-0.2, -0.15) is 0 Å². The number of aliphatic hydroxyl groups excluding tert-OH is 1. The minimum absolute atomic E-state index is 0.0210. The van der Waals surface area contributed by atoms with Gasteiger partial charge in [0.2, 0.25) is 0 Å². The normalized spacial score (nSPS) is 18.1. The lowest BCUT2D eigenvalue weighted by Gasteiger charge is -2.06. The smallest absolute Gasteiger partial charge is 0.162 e. The highest BCUT2D eigenvalue weighted by Gasteiger charge is 2.21. The number of carbonyl (C=O) groups is 1. The second-order valence-corrected chi connectivity index (χ2v) is 4.51. The Balaban J connectivity index is 2.07. The summed E-state index contributed by atoms with van der Waals surface area (Å²) in [6.45, 7) is 0. The summed E-state index contributed by atoms with van der Waals surface area (Å²) in [4.78, 5) is 11.4. The first-order valence-corrected chi connectivity index (χ1v) is 6.03. The fraction of sp³-hybridized carbons (Fsp3) is 0.357. The van der Waals surface area contributed by atoms with Crippen LogP contribution in [0.5, 0.6) is 11.5 Å². The number of aliphatic hydroxyl groups is 1. The zero-order valence-corrected chi connectivity index (χ0v) is 10.0. The molecule has 0 bridgehead atoms. The molecule has 18 heavy (non-hydrogen) atoms. The van der Waals surface area contributed by atoms with Crippen molar-refractivity contribution in [1.82, 2.24) is 0 Å². The van der Waals surface area contributed by atoms with E-state index in [1.165, 1.54) is 18.2 Å². The van der Waals surface area contributed by atoms with Crippen molar-refractivity contribution in [2.75, 3.05) is 0 Å². The molecule has 0 heterocycles. The van der Waals surface area contributed by atoms with Crippen LogP contribution in [0, 0.1) is 0 Å². The third-order valence-corrected chi connectivity index (χ3v) is 3.21. The van der Waals surface area contributed by atoms with E-state index in [1.807, 2.05) is 0 Å². The van der Waals surface area contributed by atoms with Crippen LogP contribution in [0.4, 0.5) is 0 Å². The molecule has 1 fully saturated rings. The summed E-state index contributed by atoms with van der Waals surface area (Å²) in [5, 5.41) is 28.8. The maximum atomic E-state index is 11.4. The molecule has 2 rings (SSSR count). The first kappa shape index (κ1) is 12.5. The average molecular weight is 248 g/mol. The molecule has 0 aliphatic heterocycles. The Kier molecular flexibility index (Phi) is 3.55. The van der Waals surface area contributed by atoms with Crippen molar-refractivity contribution in [1.29, 1.82) is 0 Å². The van der Waals surface area contributed by atoms with Gasteiger partial charge in [-0.25, -0.2) is 0 Å². The van der Waals surface area contributed by atoms with Crippen molar-refractivity contribution in [2.24, 2.45) is 0 Å². The van der Waals surface area contributed by atoms with Crippen LogP contribution in [0.1, 0.15) is 31.2 Å². The highest BCUT2D eigenvalue weighted by Crippen LogP contribution is 2.27. The van der Waals surface area contributed by atoms with E-state index < -0.39 is 0 Å². The Bertz CT molecular complexity index is 503. The van der Waals surface area contributed by atoms with Gasteiger partial charge in [-0.3, -0.25) is 4.79 Å². The van der Waals surface area contributed by atoms with Gasteiger partial charge >= 0.3 is 0 Å². The second kappa shape index (κ2) is 5.12. The molecule has 0 aromatic heterocycles. The fourth-order valence-electron chi connectivity index (χ4n) is 2.20. The molecule has 1 saturated carbocycles. The molecule has 0 spiro atoms. The summed E-state index contributed by atoms with van der Waals surface area (Å²) < 4.78 is 0. The van der Waals surface area contributed by atoms with E-state index in [-0.39, 0.29) is 23.0 Å². The number of hydrogen-bond acceptors (Lipinski definition) is 4. The first-order valence-electron chi connectivity index (χ1n) is 6.03. The minimum Gasteiger partial charge on any atom is -0.512 e. The Morgan fingerprint density at radius 2 is 2.00 bits per heavy atom. The number of phenols is 2. The third-order valence-electron chi connectivity index (χ3n) is 3.21. The molecular weight excluding hydrogens is 232 g/mol. The van der Waals surface area contributed by atoms with Gasteiger partial charge in [-0.15, -0.1) is 0 Å². The van der Waals surface area contributed by atoms with Gasteiger partial charge in [-0.05, 0) is 43.0 Å². The van der Waals surface area contributed by atoms with Gasteiger partial charge in [0, 0.05) is 18.4 Å². The molecular formula is C14H16O4. The van der Waals surface area contributed by atoms with Gasteiger partial charge < -0.3 is 15.3 Å². The van der Waals surface area contributed by atoms with Crippen LogP contribution < -0.4 is 0 Å². The van der Waals surface area contributed by atoms with Crippen molar-refractivity contribution in [3.8, 4) is 11.5 Å². The number of ketones is 1. The molecule has 96 valence electrons. The number of phenolic OH excluding ortho intramolecular Hbond substituents is 2. The highest BCUT2D eigenvalue weighted by atomic mass is 16.3. The van der Waals surface area contributed by atoms with Crippen molar-refractivity contribution in [2.45, 2.75) is 32.1 Å². The fourth-order valence-corrected chi connectivity index (χ4v) is 2.20. The van der Waals surface area contributed by atoms with E-state index in [4.69, 9.17) is 0 Å². The first-order chi connectivity index (χ1) is 8.58. The average Bonchev–Trinajstić information content (AvgIpc) is 2.76. The van der Waals surface area contributed by atoms with Gasteiger partial charge in [0.1, 0.15) is 11.5 Å². The zero-order chi connectivity index (χ0) is 13.1. The molecule has 0 amide bonds. The summed E-state index contributed by atoms with van der Waals surface area (Å²) in [7, 11) is 0. The third kappa shape index (κ3) is 2.64. The number of aromatic hydroxyl groups is 2. The number of aryl methyl sites for hydroxylation is 1. The van der Waals surface area contributed by atoms with Gasteiger partial charge in [-0.1, -0.05) is 0 Å². The number of hydrogen-bond donors (Lipinski definition) is 3. The van der Waals surface area contributed by atoms with E-state index in [9.17, 15) is 20.1 Å². The maximum Gasteiger partial charge on any atom is 0.162 e. The lowest BCUT2D eigenvalue weighted by Crippen LogP contribution is -1.99. The predicted molar refractivity (Wildman–Crippen MR) is 66.6 cm³/mol. The van der Waals surface area contributed by atoms with Crippen molar-refractivity contribution < 1.29 is 20.1 Å². The maximum absolute atomic E-state index is 11.4. The Morgan fingerprint density at radius 3 is 2.67 bits per heavy atom. The summed E-state index contributed by atoms with van der Waals surface area (Å²) in [5.41, 5.74) is 1.09. The number of Topliss-reactive ketones (excluding diaryl/α,β-unsaturated/α-hetero) is 1. The van der Waals surface area contributed by atoms with E-state index in [0.717, 1.165) is 6.42 Å². The van der Waals surface area contributed by atoms with Gasteiger partial charge in [0.15, 0.2) is 5.78 Å². The quantitative estimate of drug-likeness (QED) is 0.436. The number of rotatable bonds is 3. The lowest BCUT2D eigenvalue weighted by atomic mass is 10.0. The predicted octanol–water partition coefficient (Wildman–Crippen LogP) is 2.60. The van der Waals surface area contributed by atoms with Crippen LogP contribution in [0.3, 0.4) is 0 Å². The number of allylic oxidation sites excluding steroid dienone is 2. The molecule has 1 aliphatic carbocycles. The van der Waals surface area contributed by atoms with Crippen LogP contribution in [0.25, 0.3) is 0 Å². The Morgan fingerprint density at radius 1 is 1.22 bits per heavy atom. The van der Waals surface area contributed by atoms with Crippen molar-refractivity contribution in [3.63, 3.8) is 0 Å². The molecule has 0 atom stereocenters. The number of benzene rings is 1. The Hall–Kier alpha value is -1.97. The standard InChI is InChI=1S/C14H16O4/c15-10-5-7-12(16)9(8-10)4-6-14(18)11-2-1-3-13(11)17/h5,7-8,15-16,18H,1-4,6H2. The Labute approximate surface area is 105 Å². The molecule has 1 aliphatic rings. The molecule has 0 radical (unpaired) electrons. The number of carbonyl (C=O) groups excluding carboxylic acids is 1. The largest absolute Gasteiger partial charge is 0.512 e. The molecule has 3 N–H and O–H groups in total. The van der Waals surface area contributed by atoms with Crippen LogP contribution in [-0.2, 0) is 11.2 Å². The van der Waals surface area contributed by atoms with E-state index in [0.29, 0.717) is 36.8 Å². The SMILES string of the molecule is O=C1CCCC1=C(O)CCc1cc(O)ccc1O. The minimum atomic E-state index is 0.0210. The molecule has 0 saturated heterocycles. The van der Waals surface area contributed by atoms with Crippen molar-refractivity contribution in [3.05, 3.63) is 35.1 Å². The molecule has 0 unspecified atom stereocenters. The van der Waals surface area contributed by atoms with Crippen molar-refractivity contribution >= 4 is 5.78 Å². The van der Waals surface area contributed by atoms with Gasteiger partial charge in [0.25, 0.3) is 0 Å². The van der Waals surface area contributed by atoms with Crippen LogP contribution >= 0.6 is 0 Å². The molecule has 1 aromatic carbocycles. The summed E-state index contributed by atoms with van der Waals surface area (Å²) >= 11 is 0. The lowest BCUT2D eigenvalue weighted by molar-refractivity contribution is -0.114. The molecule has 4 nitrogen and oxygen atoms in total.